The van der Waals surface area contributed by atoms with Crippen molar-refractivity contribution in [3.63, 3.8) is 0 Å². The number of benzene rings is 2. The quantitative estimate of drug-likeness (QED) is 0.611. The standard InChI is InChI=1S/C15H7ClF3NO3/c16-10-2-1-3-11-12(10)14(21)13(20(11)22)8-4-6-9(7-5-8)23-15(17,18)19/h1-7H. The van der Waals surface area contributed by atoms with Gasteiger partial charge in [-0.2, -0.15) is 4.74 Å². The number of carbonyl (C=O) groups is 1. The zero-order valence-corrected chi connectivity index (χ0v) is 12.0. The van der Waals surface area contributed by atoms with Crippen molar-refractivity contribution < 1.29 is 27.4 Å². The number of rotatable bonds is 2. The lowest BCUT2D eigenvalue weighted by atomic mass is 10.0. The second-order valence-electron chi connectivity index (χ2n) is 4.68. The summed E-state index contributed by atoms with van der Waals surface area (Å²) in [4.78, 5) is 12.4. The number of halogens is 4. The smallest absolute Gasteiger partial charge is 0.573 e. The van der Waals surface area contributed by atoms with E-state index in [2.05, 4.69) is 4.74 Å². The first-order chi connectivity index (χ1) is 10.8. The molecule has 4 nitrogen and oxygen atoms in total. The third kappa shape index (κ3) is 2.75. The predicted molar refractivity (Wildman–Crippen MR) is 76.3 cm³/mol. The van der Waals surface area contributed by atoms with Crippen molar-refractivity contribution in [2.75, 3.05) is 0 Å². The number of ether oxygens (including phenoxy) is 1. The first kappa shape index (κ1) is 15.4. The van der Waals surface area contributed by atoms with Crippen LogP contribution in [-0.2, 0) is 0 Å². The van der Waals surface area contributed by atoms with Crippen molar-refractivity contribution in [1.82, 2.24) is 0 Å². The van der Waals surface area contributed by atoms with Crippen molar-refractivity contribution in [3.05, 3.63) is 63.8 Å². The molecule has 0 bridgehead atoms. The van der Waals surface area contributed by atoms with E-state index in [1.54, 1.807) is 0 Å². The Morgan fingerprint density at radius 3 is 2.30 bits per heavy atom. The molecule has 0 aromatic heterocycles. The van der Waals surface area contributed by atoms with E-state index in [9.17, 15) is 23.2 Å². The van der Waals surface area contributed by atoms with Gasteiger partial charge in [-0.3, -0.25) is 4.79 Å². The highest BCUT2D eigenvalue weighted by Crippen LogP contribution is 2.33. The zero-order chi connectivity index (χ0) is 16.8. The molecule has 0 radical (unpaired) electrons. The number of carbonyl (C=O) groups excluding carboxylic acids is 1. The van der Waals surface area contributed by atoms with E-state index in [1.807, 2.05) is 0 Å². The summed E-state index contributed by atoms with van der Waals surface area (Å²) < 4.78 is 40.6. The Bertz CT molecular complexity index is 829. The average molecular weight is 342 g/mol. The van der Waals surface area contributed by atoms with Gasteiger partial charge in [0.2, 0.25) is 5.69 Å². The summed E-state index contributed by atoms with van der Waals surface area (Å²) in [5.74, 6) is -1.02. The van der Waals surface area contributed by atoms with Gasteiger partial charge >= 0.3 is 6.36 Å². The van der Waals surface area contributed by atoms with Crippen LogP contribution < -0.4 is 4.74 Å². The lowest BCUT2D eigenvalue weighted by Gasteiger charge is -2.08. The molecule has 0 saturated carbocycles. The Morgan fingerprint density at radius 2 is 1.74 bits per heavy atom. The SMILES string of the molecule is O=C1C(c2ccc(OC(F)(F)F)cc2)=[N+]([O-])c2cccc(Cl)c21. The van der Waals surface area contributed by atoms with E-state index >= 15 is 0 Å². The van der Waals surface area contributed by atoms with Gasteiger partial charge in [0.15, 0.2) is 0 Å². The molecule has 0 unspecified atom stereocenters. The third-order valence-corrected chi connectivity index (χ3v) is 3.53. The summed E-state index contributed by atoms with van der Waals surface area (Å²) in [6.07, 6.45) is -4.81. The predicted octanol–water partition coefficient (Wildman–Crippen LogP) is 4.07. The van der Waals surface area contributed by atoms with E-state index in [0.717, 1.165) is 12.1 Å². The molecule has 3 rings (SSSR count). The van der Waals surface area contributed by atoms with Crippen molar-refractivity contribution >= 4 is 28.8 Å². The van der Waals surface area contributed by atoms with Crippen molar-refractivity contribution in [3.8, 4) is 5.75 Å². The van der Waals surface area contributed by atoms with E-state index in [1.165, 1.54) is 30.3 Å². The van der Waals surface area contributed by atoms with Gasteiger partial charge in [-0.25, -0.2) is 0 Å². The summed E-state index contributed by atoms with van der Waals surface area (Å²) in [6, 6.07) is 8.93. The molecule has 0 aliphatic carbocycles. The summed E-state index contributed by atoms with van der Waals surface area (Å²) in [7, 11) is 0. The summed E-state index contributed by atoms with van der Waals surface area (Å²) in [5.41, 5.74) is 0.154. The molecule has 1 aliphatic heterocycles. The lowest BCUT2D eigenvalue weighted by Crippen LogP contribution is -2.18. The maximum absolute atomic E-state index is 12.4. The molecule has 0 saturated heterocycles. The summed E-state index contributed by atoms with van der Waals surface area (Å²) in [5, 5.41) is 12.4. The highest BCUT2D eigenvalue weighted by atomic mass is 35.5. The molecule has 118 valence electrons. The minimum absolute atomic E-state index is 0.0785. The Labute approximate surface area is 133 Å². The van der Waals surface area contributed by atoms with Crippen LogP contribution >= 0.6 is 11.6 Å². The molecule has 0 N–H and O–H groups in total. The molecule has 0 atom stereocenters. The first-order valence-corrected chi connectivity index (χ1v) is 6.69. The largest absolute Gasteiger partial charge is 0.618 e. The van der Waals surface area contributed by atoms with Crippen LogP contribution in [0, 0.1) is 5.21 Å². The van der Waals surface area contributed by atoms with Crippen molar-refractivity contribution in [1.29, 1.82) is 0 Å². The zero-order valence-electron chi connectivity index (χ0n) is 11.2. The summed E-state index contributed by atoms with van der Waals surface area (Å²) >= 11 is 5.94. The Hall–Kier alpha value is -2.54. The number of alkyl halides is 3. The molecular formula is C15H7ClF3NO3. The maximum atomic E-state index is 12.4. The normalized spacial score (nSPS) is 14.2. The van der Waals surface area contributed by atoms with Gasteiger partial charge in [0, 0.05) is 6.07 Å². The van der Waals surface area contributed by atoms with E-state index < -0.39 is 17.9 Å². The Kier molecular flexibility index (Phi) is 3.52. The number of Topliss-reactive ketones (excluding diaryl/α,β-unsaturated/α-hetero) is 1. The number of hydrogen-bond donors (Lipinski definition) is 0. The highest BCUT2D eigenvalue weighted by molar-refractivity contribution is 6.54. The van der Waals surface area contributed by atoms with Crippen molar-refractivity contribution in [2.45, 2.75) is 6.36 Å². The third-order valence-electron chi connectivity index (χ3n) is 3.22. The van der Waals surface area contributed by atoms with E-state index in [-0.39, 0.29) is 27.5 Å². The second-order valence-corrected chi connectivity index (χ2v) is 5.09. The van der Waals surface area contributed by atoms with E-state index in [0.29, 0.717) is 4.74 Å². The Morgan fingerprint density at radius 1 is 1.09 bits per heavy atom. The minimum Gasteiger partial charge on any atom is -0.618 e. The molecule has 2 aromatic rings. The molecule has 0 amide bonds. The monoisotopic (exact) mass is 341 g/mol. The molecule has 23 heavy (non-hydrogen) atoms. The van der Waals surface area contributed by atoms with Gasteiger partial charge in [-0.1, -0.05) is 17.7 Å². The van der Waals surface area contributed by atoms with Gasteiger partial charge < -0.3 is 9.94 Å². The van der Waals surface area contributed by atoms with Gasteiger partial charge in [0.25, 0.3) is 11.5 Å². The summed E-state index contributed by atoms with van der Waals surface area (Å²) in [6.45, 7) is 0. The fourth-order valence-corrected chi connectivity index (χ4v) is 2.56. The molecule has 0 fully saturated rings. The van der Waals surface area contributed by atoms with Gasteiger partial charge in [-0.15, -0.1) is 13.2 Å². The first-order valence-electron chi connectivity index (χ1n) is 6.31. The number of fused-ring (bicyclic) bond motifs is 1. The maximum Gasteiger partial charge on any atom is 0.573 e. The van der Waals surface area contributed by atoms with Crippen LogP contribution in [0.5, 0.6) is 5.75 Å². The van der Waals surface area contributed by atoms with Gasteiger partial charge in [0.05, 0.1) is 10.6 Å². The molecule has 1 aliphatic rings. The minimum atomic E-state index is -4.81. The van der Waals surface area contributed by atoms with Crippen LogP contribution in [0.3, 0.4) is 0 Å². The lowest BCUT2D eigenvalue weighted by molar-refractivity contribution is -0.355. The molecule has 8 heteroatoms. The fraction of sp³-hybridized carbons (Fsp3) is 0.0667. The fourth-order valence-electron chi connectivity index (χ4n) is 2.30. The molecule has 2 aromatic carbocycles. The molecular weight excluding hydrogens is 335 g/mol. The van der Waals surface area contributed by atoms with Crippen LogP contribution in [0.15, 0.2) is 42.5 Å². The van der Waals surface area contributed by atoms with Crippen LogP contribution in [0.4, 0.5) is 18.9 Å². The second kappa shape index (κ2) is 5.27. The van der Waals surface area contributed by atoms with E-state index in [4.69, 9.17) is 11.6 Å². The topological polar surface area (TPSA) is 52.4 Å². The Balaban J connectivity index is 1.99. The van der Waals surface area contributed by atoms with Crippen molar-refractivity contribution in [2.24, 2.45) is 0 Å². The molecule has 0 spiro atoms. The number of nitrogens with zero attached hydrogens (tertiary/aromatic N) is 1. The average Bonchev–Trinajstić information content (AvgIpc) is 2.72. The van der Waals surface area contributed by atoms with Crippen LogP contribution in [-0.4, -0.2) is 22.6 Å². The highest BCUT2D eigenvalue weighted by Gasteiger charge is 2.38. The molecule has 1 heterocycles. The van der Waals surface area contributed by atoms with Crippen LogP contribution in [0.1, 0.15) is 15.9 Å². The van der Waals surface area contributed by atoms with Gasteiger partial charge in [-0.05, 0) is 30.3 Å². The van der Waals surface area contributed by atoms with Crippen LogP contribution in [0.25, 0.3) is 0 Å². The van der Waals surface area contributed by atoms with Crippen LogP contribution in [0.2, 0.25) is 5.02 Å². The number of hydrogen-bond acceptors (Lipinski definition) is 3. The number of ketones is 1. The van der Waals surface area contributed by atoms with Gasteiger partial charge in [0.1, 0.15) is 11.3 Å².